The van der Waals surface area contributed by atoms with Crippen molar-refractivity contribution in [2.24, 2.45) is 5.92 Å². The second-order valence-electron chi connectivity index (χ2n) is 7.84. The first-order chi connectivity index (χ1) is 11.7. The third-order valence-electron chi connectivity index (χ3n) is 5.41. The van der Waals surface area contributed by atoms with E-state index in [9.17, 15) is 13.2 Å². The lowest BCUT2D eigenvalue weighted by molar-refractivity contribution is 0.230. The summed E-state index contributed by atoms with van der Waals surface area (Å²) in [4.78, 5) is 12.4. The van der Waals surface area contributed by atoms with Gasteiger partial charge in [-0.1, -0.05) is 39.0 Å². The van der Waals surface area contributed by atoms with E-state index in [2.05, 4.69) is 42.7 Å². The van der Waals surface area contributed by atoms with Gasteiger partial charge in [0.15, 0.2) is 9.84 Å². The van der Waals surface area contributed by atoms with Crippen LogP contribution in [0.15, 0.2) is 18.2 Å². The lowest BCUT2D eigenvalue weighted by Crippen LogP contribution is -2.46. The molecule has 3 atom stereocenters. The third-order valence-corrected chi connectivity index (χ3v) is 7.31. The monoisotopic (exact) mass is 364 g/mol. The number of rotatable bonds is 3. The highest BCUT2D eigenvalue weighted by Gasteiger charge is 2.36. The lowest BCUT2D eigenvalue weighted by Gasteiger charge is -2.28. The van der Waals surface area contributed by atoms with Gasteiger partial charge in [-0.25, -0.2) is 13.2 Å². The number of amides is 2. The van der Waals surface area contributed by atoms with Gasteiger partial charge in [-0.2, -0.15) is 0 Å². The maximum Gasteiger partial charge on any atom is 0.315 e. The molecule has 6 heteroatoms. The van der Waals surface area contributed by atoms with E-state index in [-0.39, 0.29) is 35.5 Å². The third kappa shape index (κ3) is 4.17. The number of hydrogen-bond acceptors (Lipinski definition) is 3. The van der Waals surface area contributed by atoms with Crippen molar-refractivity contribution in [3.8, 4) is 0 Å². The van der Waals surface area contributed by atoms with Gasteiger partial charge < -0.3 is 10.6 Å². The quantitative estimate of drug-likeness (QED) is 0.866. The average Bonchev–Trinajstić information content (AvgIpc) is 2.79. The number of fused-ring (bicyclic) bond motifs is 1. The molecule has 138 valence electrons. The van der Waals surface area contributed by atoms with E-state index in [4.69, 9.17) is 0 Å². The molecule has 5 nitrogen and oxygen atoms in total. The summed E-state index contributed by atoms with van der Waals surface area (Å²) in [7, 11) is -3.03. The summed E-state index contributed by atoms with van der Waals surface area (Å²) in [5, 5.41) is 5.94. The molecule has 1 aromatic rings. The number of sulfone groups is 1. The summed E-state index contributed by atoms with van der Waals surface area (Å²) in [5.41, 5.74) is 3.79. The van der Waals surface area contributed by atoms with E-state index >= 15 is 0 Å². The van der Waals surface area contributed by atoms with Crippen molar-refractivity contribution in [2.75, 3.05) is 11.5 Å². The Hall–Kier alpha value is -1.56. The van der Waals surface area contributed by atoms with Crippen molar-refractivity contribution in [1.29, 1.82) is 0 Å². The van der Waals surface area contributed by atoms with Crippen molar-refractivity contribution in [2.45, 2.75) is 58.0 Å². The molecule has 2 amide bonds. The van der Waals surface area contributed by atoms with Gasteiger partial charge in [0, 0.05) is 6.04 Å². The summed E-state index contributed by atoms with van der Waals surface area (Å²) in [6, 6.07) is 6.01. The average molecular weight is 365 g/mol. The van der Waals surface area contributed by atoms with Crippen molar-refractivity contribution in [3.63, 3.8) is 0 Å². The van der Waals surface area contributed by atoms with Gasteiger partial charge in [-0.05, 0) is 47.8 Å². The minimum atomic E-state index is -3.03. The molecule has 0 spiro atoms. The molecular weight excluding hydrogens is 336 g/mol. The van der Waals surface area contributed by atoms with Gasteiger partial charge in [0.2, 0.25) is 0 Å². The Balaban J connectivity index is 1.70. The van der Waals surface area contributed by atoms with Crippen LogP contribution in [-0.2, 0) is 16.3 Å². The molecule has 1 fully saturated rings. The lowest BCUT2D eigenvalue weighted by atomic mass is 9.85. The van der Waals surface area contributed by atoms with Crippen LogP contribution in [0.4, 0.5) is 4.79 Å². The number of aryl methyl sites for hydroxylation is 1. The van der Waals surface area contributed by atoms with Crippen LogP contribution in [0, 0.1) is 5.92 Å². The zero-order valence-corrected chi connectivity index (χ0v) is 16.0. The van der Waals surface area contributed by atoms with Crippen LogP contribution in [-0.4, -0.2) is 32.0 Å². The maximum atomic E-state index is 12.4. The van der Waals surface area contributed by atoms with Crippen LogP contribution in [0.2, 0.25) is 0 Å². The fourth-order valence-corrected chi connectivity index (χ4v) is 6.03. The van der Waals surface area contributed by atoms with Crippen molar-refractivity contribution >= 4 is 15.9 Å². The van der Waals surface area contributed by atoms with E-state index < -0.39 is 9.84 Å². The highest BCUT2D eigenvalue weighted by Crippen LogP contribution is 2.32. The van der Waals surface area contributed by atoms with E-state index in [1.165, 1.54) is 16.7 Å². The summed E-state index contributed by atoms with van der Waals surface area (Å²) in [6.45, 7) is 6.21. The summed E-state index contributed by atoms with van der Waals surface area (Å²) in [6.07, 6.45) is 3.01. The smallest absolute Gasteiger partial charge is 0.315 e. The van der Waals surface area contributed by atoms with Crippen molar-refractivity contribution in [1.82, 2.24) is 10.6 Å². The van der Waals surface area contributed by atoms with Gasteiger partial charge >= 0.3 is 6.03 Å². The highest BCUT2D eigenvalue weighted by atomic mass is 32.2. The van der Waals surface area contributed by atoms with Gasteiger partial charge in [0.1, 0.15) is 0 Å². The molecule has 1 aromatic carbocycles. The van der Waals surface area contributed by atoms with Gasteiger partial charge in [0.05, 0.1) is 17.5 Å². The minimum absolute atomic E-state index is 0.00392. The van der Waals surface area contributed by atoms with Crippen molar-refractivity contribution < 1.29 is 13.2 Å². The first-order valence-corrected chi connectivity index (χ1v) is 11.0. The second-order valence-corrected chi connectivity index (χ2v) is 9.99. The molecule has 2 N–H and O–H groups in total. The Bertz CT molecular complexity index is 758. The van der Waals surface area contributed by atoms with Crippen LogP contribution in [0.25, 0.3) is 0 Å². The molecule has 0 bridgehead atoms. The molecule has 2 aliphatic rings. The van der Waals surface area contributed by atoms with Gasteiger partial charge in [-0.15, -0.1) is 0 Å². The molecule has 25 heavy (non-hydrogen) atoms. The Morgan fingerprint density at radius 2 is 1.96 bits per heavy atom. The first-order valence-electron chi connectivity index (χ1n) is 9.15. The zero-order chi connectivity index (χ0) is 18.2. The Morgan fingerprint density at radius 1 is 1.20 bits per heavy atom. The molecule has 3 rings (SSSR count). The number of benzene rings is 1. The topological polar surface area (TPSA) is 75.3 Å². The number of carbonyl (C=O) groups is 1. The largest absolute Gasteiger partial charge is 0.334 e. The first kappa shape index (κ1) is 18.2. The molecule has 0 unspecified atom stereocenters. The predicted octanol–water partition coefficient (Wildman–Crippen LogP) is 2.92. The second kappa shape index (κ2) is 6.98. The van der Waals surface area contributed by atoms with Crippen LogP contribution >= 0.6 is 0 Å². The van der Waals surface area contributed by atoms with E-state index in [1.54, 1.807) is 0 Å². The fraction of sp³-hybridized carbons (Fsp3) is 0.632. The maximum absolute atomic E-state index is 12.4. The standard InChI is InChI=1S/C19H28N2O3S/c1-12(2)15-8-7-14-5-4-6-17(16(14)9-15)20-19(22)21-18-11-25(23,24)10-13(18)3/h7-9,12-13,17-18H,4-6,10-11H2,1-3H3,(H2,20,21,22)/t13-,17-,18+/m0/s1. The number of carbonyl (C=O) groups excluding carboxylic acids is 1. The molecule has 0 radical (unpaired) electrons. The Labute approximate surface area is 150 Å². The van der Waals surface area contributed by atoms with Crippen LogP contribution in [0.1, 0.15) is 62.3 Å². The van der Waals surface area contributed by atoms with E-state index in [0.717, 1.165) is 19.3 Å². The molecule has 0 aromatic heterocycles. The molecule has 0 saturated carbocycles. The minimum Gasteiger partial charge on any atom is -0.334 e. The van der Waals surface area contributed by atoms with Crippen LogP contribution in [0.5, 0.6) is 0 Å². The molecule has 1 heterocycles. The number of nitrogens with one attached hydrogen (secondary N) is 2. The molecule has 1 aliphatic carbocycles. The van der Waals surface area contributed by atoms with Crippen LogP contribution in [0.3, 0.4) is 0 Å². The molecule has 1 saturated heterocycles. The van der Waals surface area contributed by atoms with Gasteiger partial charge in [0.25, 0.3) is 0 Å². The Morgan fingerprint density at radius 3 is 2.60 bits per heavy atom. The highest BCUT2D eigenvalue weighted by molar-refractivity contribution is 7.91. The van der Waals surface area contributed by atoms with E-state index in [0.29, 0.717) is 5.92 Å². The predicted molar refractivity (Wildman–Crippen MR) is 99.5 cm³/mol. The summed E-state index contributed by atoms with van der Waals surface area (Å²) < 4.78 is 23.4. The summed E-state index contributed by atoms with van der Waals surface area (Å²) >= 11 is 0. The summed E-state index contributed by atoms with van der Waals surface area (Å²) in [5.74, 6) is 0.607. The fourth-order valence-electron chi connectivity index (χ4n) is 3.90. The normalized spacial score (nSPS) is 27.8. The Kier molecular flexibility index (Phi) is 5.09. The van der Waals surface area contributed by atoms with Gasteiger partial charge in [-0.3, -0.25) is 0 Å². The number of hydrogen-bond donors (Lipinski definition) is 2. The SMILES string of the molecule is CC(C)c1ccc2c(c1)[C@@H](NC(=O)N[C@@H]1CS(=O)(=O)C[C@@H]1C)CCC2. The molecule has 1 aliphatic heterocycles. The zero-order valence-electron chi connectivity index (χ0n) is 15.2. The van der Waals surface area contributed by atoms with Crippen molar-refractivity contribution in [3.05, 3.63) is 34.9 Å². The van der Waals surface area contributed by atoms with E-state index in [1.807, 2.05) is 6.92 Å². The van der Waals surface area contributed by atoms with Crippen LogP contribution < -0.4 is 10.6 Å². The molecular formula is C19H28N2O3S. The number of urea groups is 1.